The van der Waals surface area contributed by atoms with Gasteiger partial charge in [-0.1, -0.05) is 17.7 Å². The summed E-state index contributed by atoms with van der Waals surface area (Å²) in [5.74, 6) is -0.632. The zero-order valence-corrected chi connectivity index (χ0v) is 18.2. The highest BCUT2D eigenvalue weighted by Crippen LogP contribution is 2.27. The molecule has 0 spiro atoms. The molecule has 0 saturated carbocycles. The van der Waals surface area contributed by atoms with Crippen molar-refractivity contribution in [3.05, 3.63) is 63.0 Å². The van der Waals surface area contributed by atoms with Crippen LogP contribution in [0.15, 0.2) is 45.4 Å². The van der Waals surface area contributed by atoms with Crippen LogP contribution in [-0.4, -0.2) is 40.7 Å². The summed E-state index contributed by atoms with van der Waals surface area (Å²) in [7, 11) is -3.80. The maximum Gasteiger partial charge on any atom is 0.324 e. The minimum absolute atomic E-state index is 0.154. The molecule has 0 aliphatic carbocycles. The van der Waals surface area contributed by atoms with Crippen LogP contribution in [0.5, 0.6) is 0 Å². The molecule has 1 fully saturated rings. The van der Waals surface area contributed by atoms with Crippen LogP contribution in [0.4, 0.5) is 0 Å². The number of rotatable bonds is 5. The van der Waals surface area contributed by atoms with Crippen molar-refractivity contribution in [2.45, 2.75) is 44.2 Å². The first-order valence-corrected chi connectivity index (χ1v) is 11.8. The molecule has 1 aromatic carbocycles. The van der Waals surface area contributed by atoms with Crippen molar-refractivity contribution in [2.75, 3.05) is 6.54 Å². The second-order valence-electron chi connectivity index (χ2n) is 7.28. The molecule has 158 valence electrons. The number of sulfonamides is 1. The predicted molar refractivity (Wildman–Crippen MR) is 112 cm³/mol. The Hall–Kier alpha value is -2.56. The Balaban J connectivity index is 1.50. The quantitative estimate of drug-likeness (QED) is 0.557. The number of hydrogen-bond acceptors (Lipinski definition) is 7. The van der Waals surface area contributed by atoms with Crippen molar-refractivity contribution in [3.8, 4) is 0 Å². The Labute approximate surface area is 177 Å². The van der Waals surface area contributed by atoms with Crippen LogP contribution in [0.3, 0.4) is 0 Å². The molecule has 1 atom stereocenters. The van der Waals surface area contributed by atoms with E-state index in [1.54, 1.807) is 24.3 Å². The minimum Gasteiger partial charge on any atom is -0.458 e. The molecule has 3 aromatic rings. The number of nitrogens with zero attached hydrogens (tertiary/aromatic N) is 3. The molecule has 10 heteroatoms. The molecule has 0 radical (unpaired) electrons. The van der Waals surface area contributed by atoms with Crippen LogP contribution in [0.1, 0.15) is 29.8 Å². The van der Waals surface area contributed by atoms with Gasteiger partial charge in [0.2, 0.25) is 10.0 Å². The standard InChI is InChI=1S/C20H21N3O5S2/c1-13-5-7-16(8-6-13)30(26,27)22-9-3-4-17(22)19(25)28-11-15-10-18(24)23-14(2)12-29-20(23)21-15/h5-8,10,12,17H,3-4,9,11H2,1-2H3/t17-/m0/s1. The van der Waals surface area contributed by atoms with E-state index in [-0.39, 0.29) is 23.6 Å². The van der Waals surface area contributed by atoms with Crippen LogP contribution in [0, 0.1) is 13.8 Å². The fourth-order valence-corrected chi connectivity index (χ4v) is 6.06. The van der Waals surface area contributed by atoms with Gasteiger partial charge in [-0.15, -0.1) is 11.3 Å². The lowest BCUT2D eigenvalue weighted by molar-refractivity contribution is -0.148. The molecule has 2 aromatic heterocycles. The van der Waals surface area contributed by atoms with Crippen molar-refractivity contribution in [3.63, 3.8) is 0 Å². The molecule has 0 unspecified atom stereocenters. The SMILES string of the molecule is Cc1ccc(S(=O)(=O)N2CCC[C@H]2C(=O)OCc2cc(=O)n3c(C)csc3n2)cc1. The van der Waals surface area contributed by atoms with Gasteiger partial charge in [-0.2, -0.15) is 4.31 Å². The lowest BCUT2D eigenvalue weighted by Gasteiger charge is -2.22. The molecule has 1 aliphatic rings. The summed E-state index contributed by atoms with van der Waals surface area (Å²) >= 11 is 1.33. The van der Waals surface area contributed by atoms with Crippen LogP contribution < -0.4 is 5.56 Å². The van der Waals surface area contributed by atoms with Crippen LogP contribution >= 0.6 is 11.3 Å². The Morgan fingerprint density at radius 2 is 2.00 bits per heavy atom. The molecule has 1 saturated heterocycles. The van der Waals surface area contributed by atoms with Gasteiger partial charge in [0.05, 0.1) is 10.6 Å². The predicted octanol–water partition coefficient (Wildman–Crippen LogP) is 2.27. The number of carbonyl (C=O) groups excluding carboxylic acids is 1. The third-order valence-corrected chi connectivity index (χ3v) is 7.96. The van der Waals surface area contributed by atoms with Gasteiger partial charge >= 0.3 is 5.97 Å². The van der Waals surface area contributed by atoms with Crippen molar-refractivity contribution in [2.24, 2.45) is 0 Å². The van der Waals surface area contributed by atoms with E-state index in [4.69, 9.17) is 4.74 Å². The first kappa shape index (κ1) is 20.7. The van der Waals surface area contributed by atoms with Crippen LogP contribution in [-0.2, 0) is 26.2 Å². The van der Waals surface area contributed by atoms with Crippen molar-refractivity contribution < 1.29 is 17.9 Å². The summed E-state index contributed by atoms with van der Waals surface area (Å²) in [4.78, 5) is 30.0. The smallest absolute Gasteiger partial charge is 0.324 e. The van der Waals surface area contributed by atoms with Gasteiger partial charge in [-0.05, 0) is 38.8 Å². The second-order valence-corrected chi connectivity index (χ2v) is 10.0. The lowest BCUT2D eigenvalue weighted by Crippen LogP contribution is -2.41. The average Bonchev–Trinajstić information content (AvgIpc) is 3.34. The average molecular weight is 448 g/mol. The molecule has 3 heterocycles. The summed E-state index contributed by atoms with van der Waals surface area (Å²) in [6, 6.07) is 6.98. The molecular weight excluding hydrogens is 426 g/mol. The van der Waals surface area contributed by atoms with E-state index in [1.807, 2.05) is 19.2 Å². The summed E-state index contributed by atoms with van der Waals surface area (Å²) in [6.45, 7) is 3.77. The molecular formula is C20H21N3O5S2. The molecule has 4 rings (SSSR count). The highest BCUT2D eigenvalue weighted by atomic mass is 32.2. The highest BCUT2D eigenvalue weighted by molar-refractivity contribution is 7.89. The molecule has 0 amide bonds. The lowest BCUT2D eigenvalue weighted by atomic mass is 10.2. The van der Waals surface area contributed by atoms with Crippen LogP contribution in [0.2, 0.25) is 0 Å². The number of ether oxygens (including phenoxy) is 1. The Morgan fingerprint density at radius 1 is 1.27 bits per heavy atom. The number of carbonyl (C=O) groups is 1. The zero-order valence-electron chi connectivity index (χ0n) is 16.6. The van der Waals surface area contributed by atoms with Gasteiger partial charge < -0.3 is 4.74 Å². The molecule has 0 bridgehead atoms. The summed E-state index contributed by atoms with van der Waals surface area (Å²) < 4.78 is 34.0. The number of fused-ring (bicyclic) bond motifs is 1. The Morgan fingerprint density at radius 3 is 2.73 bits per heavy atom. The number of aryl methyl sites for hydroxylation is 2. The molecule has 1 aliphatic heterocycles. The van der Waals surface area contributed by atoms with E-state index in [0.29, 0.717) is 23.5 Å². The first-order chi connectivity index (χ1) is 14.3. The largest absolute Gasteiger partial charge is 0.458 e. The second kappa shape index (κ2) is 7.93. The van der Waals surface area contributed by atoms with Gasteiger partial charge in [0, 0.05) is 23.7 Å². The molecule has 0 N–H and O–H groups in total. The van der Waals surface area contributed by atoms with E-state index in [0.717, 1.165) is 11.3 Å². The first-order valence-electron chi connectivity index (χ1n) is 9.49. The third kappa shape index (κ3) is 3.78. The summed E-state index contributed by atoms with van der Waals surface area (Å²) in [6.07, 6.45) is 0.966. The van der Waals surface area contributed by atoms with E-state index in [1.165, 1.54) is 26.1 Å². The Bertz CT molecular complexity index is 1260. The van der Waals surface area contributed by atoms with Crippen LogP contribution in [0.25, 0.3) is 4.96 Å². The number of aromatic nitrogens is 2. The number of thiazole rings is 1. The summed E-state index contributed by atoms with van der Waals surface area (Å²) in [5.41, 5.74) is 1.84. The van der Waals surface area contributed by atoms with Gasteiger partial charge in [-0.25, -0.2) is 13.4 Å². The fourth-order valence-electron chi connectivity index (χ4n) is 3.53. The normalized spacial score (nSPS) is 17.5. The monoisotopic (exact) mass is 447 g/mol. The minimum atomic E-state index is -3.80. The third-order valence-electron chi connectivity index (χ3n) is 5.09. The molecule has 8 nitrogen and oxygen atoms in total. The van der Waals surface area contributed by atoms with E-state index >= 15 is 0 Å². The highest BCUT2D eigenvalue weighted by Gasteiger charge is 2.40. The van der Waals surface area contributed by atoms with Gasteiger partial charge in [-0.3, -0.25) is 14.0 Å². The fraction of sp³-hybridized carbons (Fsp3) is 0.350. The summed E-state index contributed by atoms with van der Waals surface area (Å²) in [5, 5.41) is 1.83. The zero-order chi connectivity index (χ0) is 21.5. The maximum atomic E-state index is 13.0. The van der Waals surface area contributed by atoms with E-state index < -0.39 is 22.0 Å². The van der Waals surface area contributed by atoms with E-state index in [2.05, 4.69) is 4.98 Å². The van der Waals surface area contributed by atoms with Crippen molar-refractivity contribution in [1.82, 2.24) is 13.7 Å². The number of esters is 1. The maximum absolute atomic E-state index is 13.0. The van der Waals surface area contributed by atoms with Gasteiger partial charge in [0.25, 0.3) is 5.56 Å². The van der Waals surface area contributed by atoms with Gasteiger partial charge in [0.15, 0.2) is 4.96 Å². The molecule has 30 heavy (non-hydrogen) atoms. The number of hydrogen-bond donors (Lipinski definition) is 0. The number of benzene rings is 1. The Kier molecular flexibility index (Phi) is 5.48. The van der Waals surface area contributed by atoms with Gasteiger partial charge in [0.1, 0.15) is 12.6 Å². The van der Waals surface area contributed by atoms with E-state index in [9.17, 15) is 18.0 Å². The van der Waals surface area contributed by atoms with Crippen molar-refractivity contribution in [1.29, 1.82) is 0 Å². The topological polar surface area (TPSA) is 98.0 Å². The van der Waals surface area contributed by atoms with Crippen molar-refractivity contribution >= 4 is 32.3 Å².